The summed E-state index contributed by atoms with van der Waals surface area (Å²) in [6.07, 6.45) is 0.550. The summed E-state index contributed by atoms with van der Waals surface area (Å²) in [5.41, 5.74) is 0.978. The molecule has 5 nitrogen and oxygen atoms in total. The molecule has 6 heteroatoms. The zero-order valence-electron chi connectivity index (χ0n) is 11.0. The van der Waals surface area contributed by atoms with E-state index in [0.29, 0.717) is 17.5 Å². The van der Waals surface area contributed by atoms with Crippen LogP contribution in [0.1, 0.15) is 24.5 Å². The Labute approximate surface area is 113 Å². The summed E-state index contributed by atoms with van der Waals surface area (Å²) >= 11 is 0. The molecule has 0 bridgehead atoms. The maximum atomic E-state index is 12.1. The third-order valence-electron chi connectivity index (χ3n) is 2.84. The van der Waals surface area contributed by atoms with E-state index in [2.05, 4.69) is 4.72 Å². The van der Waals surface area contributed by atoms with Crippen molar-refractivity contribution in [3.63, 3.8) is 0 Å². The molecule has 0 aromatic heterocycles. The molecule has 0 spiro atoms. The van der Waals surface area contributed by atoms with Crippen molar-refractivity contribution in [1.82, 2.24) is 4.72 Å². The van der Waals surface area contributed by atoms with Crippen molar-refractivity contribution in [2.75, 3.05) is 13.2 Å². The molecule has 1 aromatic carbocycles. The average Bonchev–Trinajstić information content (AvgIpc) is 2.36. The third-order valence-corrected chi connectivity index (χ3v) is 4.42. The Kier molecular flexibility index (Phi) is 5.48. The maximum Gasteiger partial charge on any atom is 0.240 e. The van der Waals surface area contributed by atoms with E-state index in [4.69, 9.17) is 10.4 Å². The topological polar surface area (TPSA) is 90.2 Å². The number of hydrogen-bond donors (Lipinski definition) is 2. The number of nitrogens with zero attached hydrogens (tertiary/aromatic N) is 1. The molecule has 0 aliphatic heterocycles. The van der Waals surface area contributed by atoms with Crippen LogP contribution in [0.5, 0.6) is 0 Å². The average molecular weight is 282 g/mol. The van der Waals surface area contributed by atoms with Crippen molar-refractivity contribution >= 4 is 10.0 Å². The van der Waals surface area contributed by atoms with Crippen LogP contribution in [0, 0.1) is 24.2 Å². The zero-order chi connectivity index (χ0) is 14.5. The molecule has 0 saturated heterocycles. The van der Waals surface area contributed by atoms with E-state index in [9.17, 15) is 8.42 Å². The molecule has 0 amide bonds. The lowest BCUT2D eigenvalue weighted by Crippen LogP contribution is -2.29. The Balaban J connectivity index is 2.86. The second-order valence-electron chi connectivity index (χ2n) is 4.56. The van der Waals surface area contributed by atoms with Gasteiger partial charge in [-0.05, 0) is 43.0 Å². The summed E-state index contributed by atoms with van der Waals surface area (Å²) in [5, 5.41) is 17.5. The maximum absolute atomic E-state index is 12.1. The van der Waals surface area contributed by atoms with E-state index >= 15 is 0 Å². The molecule has 0 aliphatic rings. The van der Waals surface area contributed by atoms with E-state index < -0.39 is 10.0 Å². The van der Waals surface area contributed by atoms with E-state index in [1.807, 2.05) is 13.0 Å². The zero-order valence-corrected chi connectivity index (χ0v) is 11.9. The van der Waals surface area contributed by atoms with Crippen molar-refractivity contribution in [2.45, 2.75) is 25.2 Å². The minimum absolute atomic E-state index is 0.0405. The highest BCUT2D eigenvalue weighted by Crippen LogP contribution is 2.16. The van der Waals surface area contributed by atoms with Crippen LogP contribution in [-0.4, -0.2) is 26.7 Å². The van der Waals surface area contributed by atoms with Gasteiger partial charge in [0.05, 0.1) is 16.5 Å². The van der Waals surface area contributed by atoms with Gasteiger partial charge >= 0.3 is 0 Å². The van der Waals surface area contributed by atoms with Gasteiger partial charge in [-0.2, -0.15) is 5.26 Å². The van der Waals surface area contributed by atoms with E-state index in [0.717, 1.165) is 0 Å². The molecule has 0 saturated carbocycles. The predicted molar refractivity (Wildman–Crippen MR) is 71.9 cm³/mol. The molecule has 1 atom stereocenters. The van der Waals surface area contributed by atoms with Gasteiger partial charge in [-0.25, -0.2) is 13.1 Å². The highest BCUT2D eigenvalue weighted by atomic mass is 32.2. The predicted octanol–water partition coefficient (Wildman–Crippen LogP) is 1.16. The third kappa shape index (κ3) is 4.31. The fraction of sp³-hybridized carbons (Fsp3) is 0.462. The molecule has 104 valence electrons. The molecule has 1 unspecified atom stereocenters. The first kappa shape index (κ1) is 15.6. The van der Waals surface area contributed by atoms with E-state index in [1.165, 1.54) is 12.1 Å². The molecule has 0 aliphatic carbocycles. The van der Waals surface area contributed by atoms with Crippen LogP contribution in [0.2, 0.25) is 0 Å². The van der Waals surface area contributed by atoms with Crippen molar-refractivity contribution in [3.05, 3.63) is 29.3 Å². The van der Waals surface area contributed by atoms with Crippen LogP contribution in [0.4, 0.5) is 0 Å². The smallest absolute Gasteiger partial charge is 0.240 e. The Morgan fingerprint density at radius 3 is 2.68 bits per heavy atom. The van der Waals surface area contributed by atoms with Crippen LogP contribution in [0.3, 0.4) is 0 Å². The molecule has 1 aromatic rings. The molecular weight excluding hydrogens is 264 g/mol. The van der Waals surface area contributed by atoms with Crippen LogP contribution in [0.25, 0.3) is 0 Å². The van der Waals surface area contributed by atoms with Gasteiger partial charge in [-0.1, -0.05) is 6.92 Å². The van der Waals surface area contributed by atoms with Crippen molar-refractivity contribution in [3.8, 4) is 6.07 Å². The van der Waals surface area contributed by atoms with Crippen LogP contribution >= 0.6 is 0 Å². The number of aliphatic hydroxyl groups excluding tert-OH is 1. The van der Waals surface area contributed by atoms with Crippen molar-refractivity contribution in [1.29, 1.82) is 5.26 Å². The first-order valence-corrected chi connectivity index (χ1v) is 7.50. The van der Waals surface area contributed by atoms with Gasteiger partial charge in [0.15, 0.2) is 0 Å². The summed E-state index contributed by atoms with van der Waals surface area (Å²) in [6.45, 7) is 3.85. The van der Waals surface area contributed by atoms with Crippen LogP contribution < -0.4 is 4.72 Å². The molecule has 1 rings (SSSR count). The molecule has 0 radical (unpaired) electrons. The van der Waals surface area contributed by atoms with E-state index in [-0.39, 0.29) is 24.0 Å². The highest BCUT2D eigenvalue weighted by molar-refractivity contribution is 7.89. The lowest BCUT2D eigenvalue weighted by Gasteiger charge is -2.13. The van der Waals surface area contributed by atoms with Gasteiger partial charge < -0.3 is 5.11 Å². The summed E-state index contributed by atoms with van der Waals surface area (Å²) in [5.74, 6) is 0.0680. The van der Waals surface area contributed by atoms with Crippen molar-refractivity contribution < 1.29 is 13.5 Å². The highest BCUT2D eigenvalue weighted by Gasteiger charge is 2.17. The Morgan fingerprint density at radius 2 is 2.16 bits per heavy atom. The minimum atomic E-state index is -3.57. The lowest BCUT2D eigenvalue weighted by atomic mass is 10.1. The molecule has 0 heterocycles. The van der Waals surface area contributed by atoms with Crippen LogP contribution in [0.15, 0.2) is 23.1 Å². The van der Waals surface area contributed by atoms with Gasteiger partial charge in [0.1, 0.15) is 0 Å². The monoisotopic (exact) mass is 282 g/mol. The molecular formula is C13H18N2O3S. The fourth-order valence-electron chi connectivity index (χ4n) is 1.67. The number of nitriles is 1. The van der Waals surface area contributed by atoms with Gasteiger partial charge in [0.2, 0.25) is 10.0 Å². The second kappa shape index (κ2) is 6.66. The summed E-state index contributed by atoms with van der Waals surface area (Å²) < 4.78 is 26.7. The summed E-state index contributed by atoms with van der Waals surface area (Å²) in [6, 6.07) is 6.44. The number of hydrogen-bond acceptors (Lipinski definition) is 4. The number of nitrogens with one attached hydrogen (secondary N) is 1. The standard InChI is InChI=1S/C13H18N2O3S/c1-10(5-6-16)9-15-19(17,18)13-4-3-12(8-14)7-11(13)2/h3-4,7,10,15-16H,5-6,9H2,1-2H3. The minimum Gasteiger partial charge on any atom is -0.396 e. The van der Waals surface area contributed by atoms with Crippen molar-refractivity contribution in [2.24, 2.45) is 5.92 Å². The number of sulfonamides is 1. The van der Waals surface area contributed by atoms with Gasteiger partial charge in [-0.15, -0.1) is 0 Å². The number of aliphatic hydroxyl groups is 1. The molecule has 19 heavy (non-hydrogen) atoms. The summed E-state index contributed by atoms with van der Waals surface area (Å²) in [7, 11) is -3.57. The van der Waals surface area contributed by atoms with Crippen LogP contribution in [-0.2, 0) is 10.0 Å². The normalized spacial score (nSPS) is 12.9. The fourth-order valence-corrected chi connectivity index (χ4v) is 3.06. The lowest BCUT2D eigenvalue weighted by molar-refractivity contribution is 0.263. The van der Waals surface area contributed by atoms with Gasteiger partial charge in [0.25, 0.3) is 0 Å². The van der Waals surface area contributed by atoms with E-state index in [1.54, 1.807) is 13.0 Å². The molecule has 2 N–H and O–H groups in total. The Bertz CT molecular complexity index is 576. The Hall–Kier alpha value is -1.42. The second-order valence-corrected chi connectivity index (χ2v) is 6.30. The molecule has 0 fully saturated rings. The number of rotatable bonds is 6. The number of aryl methyl sites for hydroxylation is 1. The SMILES string of the molecule is Cc1cc(C#N)ccc1S(=O)(=O)NCC(C)CCO. The van der Waals surface area contributed by atoms with Gasteiger partial charge in [-0.3, -0.25) is 0 Å². The number of benzene rings is 1. The quantitative estimate of drug-likeness (QED) is 0.819. The Morgan fingerprint density at radius 1 is 1.47 bits per heavy atom. The summed E-state index contributed by atoms with van der Waals surface area (Å²) in [4.78, 5) is 0.183. The first-order chi connectivity index (χ1) is 8.90. The van der Waals surface area contributed by atoms with Gasteiger partial charge in [0, 0.05) is 13.2 Å². The largest absolute Gasteiger partial charge is 0.396 e. The first-order valence-electron chi connectivity index (χ1n) is 6.02.